The number of hydrogen-bond donors (Lipinski definition) is 0. The number of benzene rings is 1. The molecule has 0 unspecified atom stereocenters. The van der Waals surface area contributed by atoms with Crippen molar-refractivity contribution in [3.05, 3.63) is 61.1 Å². The molecule has 3 aromatic rings. The second kappa shape index (κ2) is 6.42. The first-order valence-corrected chi connectivity index (χ1v) is 9.49. The molecule has 1 aromatic carbocycles. The Balaban J connectivity index is 1.59. The first-order chi connectivity index (χ1) is 12.1. The highest BCUT2D eigenvalue weighted by molar-refractivity contribution is 7.89. The molecule has 1 fully saturated rings. The van der Waals surface area contributed by atoms with Crippen LogP contribution in [0.4, 0.5) is 0 Å². The van der Waals surface area contributed by atoms with E-state index in [9.17, 15) is 8.42 Å². The molecule has 25 heavy (non-hydrogen) atoms. The lowest BCUT2D eigenvalue weighted by molar-refractivity contribution is 0.215. The van der Waals surface area contributed by atoms with Gasteiger partial charge >= 0.3 is 0 Å². The molecule has 3 heterocycles. The molecule has 1 aliphatic heterocycles. The number of aromatic nitrogens is 2. The summed E-state index contributed by atoms with van der Waals surface area (Å²) in [7, 11) is -3.61. The van der Waals surface area contributed by atoms with Crippen LogP contribution in [0.25, 0.3) is 10.9 Å². The van der Waals surface area contributed by atoms with E-state index < -0.39 is 10.0 Å². The summed E-state index contributed by atoms with van der Waals surface area (Å²) >= 11 is 0. The number of pyridine rings is 2. The maximum Gasteiger partial charge on any atom is 0.245 e. The highest BCUT2D eigenvalue weighted by Crippen LogP contribution is 2.27. The molecule has 128 valence electrons. The van der Waals surface area contributed by atoms with Gasteiger partial charge < -0.3 is 4.74 Å². The minimum absolute atomic E-state index is 0.167. The SMILES string of the molecule is O=S(=O)(c1cccc2cccnc12)N1CC[C@@H](Oc2ccncc2)C1. The fourth-order valence-corrected chi connectivity index (χ4v) is 4.70. The zero-order chi connectivity index (χ0) is 17.3. The van der Waals surface area contributed by atoms with Gasteiger partial charge in [-0.3, -0.25) is 9.97 Å². The fraction of sp³-hybridized carbons (Fsp3) is 0.222. The highest BCUT2D eigenvalue weighted by atomic mass is 32.2. The Morgan fingerprint density at radius 3 is 2.68 bits per heavy atom. The van der Waals surface area contributed by atoms with Crippen molar-refractivity contribution in [1.82, 2.24) is 14.3 Å². The monoisotopic (exact) mass is 355 g/mol. The fourth-order valence-electron chi connectivity index (χ4n) is 3.04. The predicted octanol–water partition coefficient (Wildman–Crippen LogP) is 2.47. The lowest BCUT2D eigenvalue weighted by Gasteiger charge is -2.18. The molecule has 0 amide bonds. The van der Waals surface area contributed by atoms with Crippen molar-refractivity contribution in [1.29, 1.82) is 0 Å². The first-order valence-electron chi connectivity index (χ1n) is 8.05. The molecule has 0 radical (unpaired) electrons. The van der Waals surface area contributed by atoms with Crippen LogP contribution in [0.15, 0.2) is 66.0 Å². The van der Waals surface area contributed by atoms with Gasteiger partial charge in [0.25, 0.3) is 0 Å². The number of rotatable bonds is 4. The number of nitrogens with zero attached hydrogens (tertiary/aromatic N) is 3. The maximum atomic E-state index is 13.1. The Labute approximate surface area is 146 Å². The van der Waals surface area contributed by atoms with Crippen LogP contribution in [0.5, 0.6) is 5.75 Å². The summed E-state index contributed by atoms with van der Waals surface area (Å²) in [6, 6.07) is 12.4. The standard InChI is InChI=1S/C18H17N3O3S/c22-25(23,17-5-1-3-14-4-2-9-20-18(14)17)21-12-8-16(13-21)24-15-6-10-19-11-7-15/h1-7,9-11,16H,8,12-13H2/t16-/m1/s1. The molecule has 0 saturated carbocycles. The minimum Gasteiger partial charge on any atom is -0.489 e. The summed E-state index contributed by atoms with van der Waals surface area (Å²) in [6.45, 7) is 0.759. The van der Waals surface area contributed by atoms with E-state index in [0.717, 1.165) is 5.39 Å². The minimum atomic E-state index is -3.61. The second-order valence-corrected chi connectivity index (χ2v) is 7.81. The molecule has 1 atom stereocenters. The number of sulfonamides is 1. The molecule has 4 rings (SSSR count). The van der Waals surface area contributed by atoms with Crippen LogP contribution in [0.1, 0.15) is 6.42 Å². The molecular formula is C18H17N3O3S. The van der Waals surface area contributed by atoms with E-state index in [2.05, 4.69) is 9.97 Å². The van der Waals surface area contributed by atoms with Gasteiger partial charge in [0.2, 0.25) is 10.0 Å². The van der Waals surface area contributed by atoms with Crippen molar-refractivity contribution in [2.75, 3.05) is 13.1 Å². The zero-order valence-corrected chi connectivity index (χ0v) is 14.3. The van der Waals surface area contributed by atoms with Crippen molar-refractivity contribution < 1.29 is 13.2 Å². The average molecular weight is 355 g/mol. The van der Waals surface area contributed by atoms with Crippen molar-refractivity contribution in [2.45, 2.75) is 17.4 Å². The van der Waals surface area contributed by atoms with Crippen LogP contribution in [0.2, 0.25) is 0 Å². The lowest BCUT2D eigenvalue weighted by atomic mass is 10.2. The van der Waals surface area contributed by atoms with E-state index in [-0.39, 0.29) is 11.0 Å². The number of hydrogen-bond acceptors (Lipinski definition) is 5. The lowest BCUT2D eigenvalue weighted by Crippen LogP contribution is -2.31. The van der Waals surface area contributed by atoms with Gasteiger partial charge in [-0.2, -0.15) is 4.31 Å². The van der Waals surface area contributed by atoms with E-state index >= 15 is 0 Å². The number of ether oxygens (including phenoxy) is 1. The van der Waals surface area contributed by atoms with Crippen molar-refractivity contribution in [2.24, 2.45) is 0 Å². The summed E-state index contributed by atoms with van der Waals surface area (Å²) in [5.74, 6) is 0.700. The van der Waals surface area contributed by atoms with Crippen molar-refractivity contribution >= 4 is 20.9 Å². The van der Waals surface area contributed by atoms with Crippen LogP contribution in [0, 0.1) is 0 Å². The maximum absolute atomic E-state index is 13.1. The van der Waals surface area contributed by atoms with Gasteiger partial charge in [-0.15, -0.1) is 0 Å². The van der Waals surface area contributed by atoms with E-state index in [1.54, 1.807) is 48.9 Å². The topological polar surface area (TPSA) is 72.4 Å². The Bertz CT molecular complexity index is 987. The van der Waals surface area contributed by atoms with Gasteiger partial charge in [0, 0.05) is 30.5 Å². The van der Waals surface area contributed by atoms with Gasteiger partial charge in [-0.1, -0.05) is 18.2 Å². The third-order valence-electron chi connectivity index (χ3n) is 4.27. The summed E-state index contributed by atoms with van der Waals surface area (Å²) in [6.07, 6.45) is 5.40. The van der Waals surface area contributed by atoms with Gasteiger partial charge in [-0.05, 0) is 30.7 Å². The van der Waals surface area contributed by atoms with Crippen molar-refractivity contribution in [3.63, 3.8) is 0 Å². The van der Waals surface area contributed by atoms with Crippen LogP contribution in [0.3, 0.4) is 0 Å². The van der Waals surface area contributed by atoms with Crippen LogP contribution >= 0.6 is 0 Å². The molecule has 0 bridgehead atoms. The van der Waals surface area contributed by atoms with Gasteiger partial charge in [-0.25, -0.2) is 8.42 Å². The molecule has 0 aliphatic carbocycles. The quantitative estimate of drug-likeness (QED) is 0.719. The van der Waals surface area contributed by atoms with E-state index in [1.807, 2.05) is 12.1 Å². The first kappa shape index (κ1) is 16.0. The molecule has 7 heteroatoms. The molecule has 6 nitrogen and oxygen atoms in total. The molecule has 1 saturated heterocycles. The summed E-state index contributed by atoms with van der Waals surface area (Å²) in [5, 5.41) is 0.812. The third-order valence-corrected chi connectivity index (χ3v) is 6.17. The largest absolute Gasteiger partial charge is 0.489 e. The normalized spacial score (nSPS) is 18.5. The smallest absolute Gasteiger partial charge is 0.245 e. The Morgan fingerprint density at radius 1 is 1.04 bits per heavy atom. The highest BCUT2D eigenvalue weighted by Gasteiger charge is 2.34. The molecule has 0 spiro atoms. The van der Waals surface area contributed by atoms with Crippen LogP contribution in [-0.4, -0.2) is 41.9 Å². The van der Waals surface area contributed by atoms with E-state index in [0.29, 0.717) is 30.8 Å². The molecular weight excluding hydrogens is 338 g/mol. The Hall–Kier alpha value is -2.51. The predicted molar refractivity (Wildman–Crippen MR) is 93.8 cm³/mol. The number of fused-ring (bicyclic) bond motifs is 1. The summed E-state index contributed by atoms with van der Waals surface area (Å²) in [5.41, 5.74) is 0.503. The van der Waals surface area contributed by atoms with E-state index in [4.69, 9.17) is 4.74 Å². The summed E-state index contributed by atoms with van der Waals surface area (Å²) in [4.78, 5) is 8.46. The molecule has 0 N–H and O–H groups in total. The second-order valence-electron chi connectivity index (χ2n) is 5.91. The average Bonchev–Trinajstić information content (AvgIpc) is 3.11. The Morgan fingerprint density at radius 2 is 1.84 bits per heavy atom. The molecule has 1 aliphatic rings. The zero-order valence-electron chi connectivity index (χ0n) is 13.4. The van der Waals surface area contributed by atoms with Gasteiger partial charge in [0.1, 0.15) is 16.7 Å². The van der Waals surface area contributed by atoms with Gasteiger partial charge in [0.05, 0.1) is 12.1 Å². The third kappa shape index (κ3) is 3.08. The van der Waals surface area contributed by atoms with Gasteiger partial charge in [0.15, 0.2) is 0 Å². The van der Waals surface area contributed by atoms with Crippen LogP contribution < -0.4 is 4.74 Å². The van der Waals surface area contributed by atoms with Crippen LogP contribution in [-0.2, 0) is 10.0 Å². The number of para-hydroxylation sites is 1. The Kier molecular flexibility index (Phi) is 4.10. The summed E-state index contributed by atoms with van der Waals surface area (Å²) < 4.78 is 33.5. The molecule has 2 aromatic heterocycles. The van der Waals surface area contributed by atoms with E-state index in [1.165, 1.54) is 4.31 Å². The van der Waals surface area contributed by atoms with Crippen molar-refractivity contribution in [3.8, 4) is 5.75 Å².